The van der Waals surface area contributed by atoms with Gasteiger partial charge in [0.2, 0.25) is 5.91 Å². The van der Waals surface area contributed by atoms with Gasteiger partial charge in [-0.2, -0.15) is 0 Å². The molecule has 5 heteroatoms. The molecule has 0 spiro atoms. The van der Waals surface area contributed by atoms with Crippen LogP contribution in [0, 0.1) is 6.92 Å². The first-order chi connectivity index (χ1) is 7.50. The molecule has 0 aliphatic carbocycles. The quantitative estimate of drug-likeness (QED) is 0.774. The van der Waals surface area contributed by atoms with Crippen LogP contribution < -0.4 is 5.73 Å². The molecule has 0 radical (unpaired) electrons. The smallest absolute Gasteiger partial charge is 0.225 e. The minimum absolute atomic E-state index is 0.110. The van der Waals surface area contributed by atoms with Crippen LogP contribution >= 0.6 is 0 Å². The lowest BCUT2D eigenvalue weighted by Crippen LogP contribution is -2.38. The molecule has 2 heterocycles. The molecule has 0 unspecified atom stereocenters. The number of rotatable bonds is 2. The Morgan fingerprint density at radius 2 is 2.31 bits per heavy atom. The van der Waals surface area contributed by atoms with Crippen molar-refractivity contribution in [2.24, 2.45) is 5.73 Å². The second-order valence-electron chi connectivity index (χ2n) is 4.66. The monoisotopic (exact) mass is 222 g/mol. The second kappa shape index (κ2) is 3.90. The molecule has 0 aromatic carbocycles. The van der Waals surface area contributed by atoms with Gasteiger partial charge in [0.15, 0.2) is 0 Å². The maximum absolute atomic E-state index is 11.8. The summed E-state index contributed by atoms with van der Waals surface area (Å²) in [6.45, 7) is 5.94. The summed E-state index contributed by atoms with van der Waals surface area (Å²) in [7, 11) is 0. The van der Waals surface area contributed by atoms with Gasteiger partial charge in [-0.05, 0) is 20.8 Å². The third-order valence-corrected chi connectivity index (χ3v) is 2.96. The van der Waals surface area contributed by atoms with Crippen molar-refractivity contribution in [2.45, 2.75) is 45.3 Å². The molecule has 1 fully saturated rings. The number of aromatic amines is 1. The number of hydrogen-bond acceptors (Lipinski definition) is 3. The Bertz CT molecular complexity index is 398. The number of amides is 1. The lowest BCUT2D eigenvalue weighted by atomic mass is 10.1. The SMILES string of the molecule is Cc1cnc([C@H]2[C@H](N)CC(=O)N2C(C)C)[nH]1. The lowest BCUT2D eigenvalue weighted by Gasteiger charge is -2.28. The maximum atomic E-state index is 11.8. The third kappa shape index (κ3) is 1.71. The Labute approximate surface area is 95.0 Å². The van der Waals surface area contributed by atoms with Crippen molar-refractivity contribution < 1.29 is 4.79 Å². The number of aryl methyl sites for hydroxylation is 1. The average molecular weight is 222 g/mol. The normalized spacial score (nSPS) is 25.8. The molecule has 1 amide bonds. The number of nitrogens with one attached hydrogen (secondary N) is 1. The van der Waals surface area contributed by atoms with E-state index in [4.69, 9.17) is 5.73 Å². The molecule has 1 aliphatic heterocycles. The summed E-state index contributed by atoms with van der Waals surface area (Å²) >= 11 is 0. The number of carbonyl (C=O) groups excluding carboxylic acids is 1. The van der Waals surface area contributed by atoms with E-state index in [0.717, 1.165) is 11.5 Å². The largest absolute Gasteiger partial charge is 0.344 e. The number of hydrogen-bond donors (Lipinski definition) is 2. The van der Waals surface area contributed by atoms with Crippen LogP contribution in [0.25, 0.3) is 0 Å². The molecule has 2 atom stereocenters. The number of nitrogens with zero attached hydrogens (tertiary/aromatic N) is 2. The van der Waals surface area contributed by atoms with E-state index in [9.17, 15) is 4.79 Å². The standard InChI is InChI=1S/C11H18N4O/c1-6(2)15-9(16)4-8(12)10(15)11-13-5-7(3)14-11/h5-6,8,10H,4,12H2,1-3H3,(H,13,14)/t8-,10-/m1/s1. The summed E-state index contributed by atoms with van der Waals surface area (Å²) in [6.07, 6.45) is 2.17. The van der Waals surface area contributed by atoms with Crippen molar-refractivity contribution in [3.8, 4) is 0 Å². The minimum atomic E-state index is -0.166. The summed E-state index contributed by atoms with van der Waals surface area (Å²) < 4.78 is 0. The molecule has 1 aromatic heterocycles. The molecule has 16 heavy (non-hydrogen) atoms. The first-order valence-electron chi connectivity index (χ1n) is 5.59. The second-order valence-corrected chi connectivity index (χ2v) is 4.66. The summed E-state index contributed by atoms with van der Waals surface area (Å²) in [5.74, 6) is 0.908. The predicted octanol–water partition coefficient (Wildman–Crippen LogP) is 0.727. The van der Waals surface area contributed by atoms with Gasteiger partial charge in [-0.3, -0.25) is 4.79 Å². The van der Waals surface area contributed by atoms with Gasteiger partial charge in [0.1, 0.15) is 11.9 Å². The summed E-state index contributed by atoms with van der Waals surface area (Å²) in [6, 6.07) is -0.127. The van der Waals surface area contributed by atoms with Gasteiger partial charge in [-0.25, -0.2) is 4.98 Å². The molecule has 1 aliphatic rings. The van der Waals surface area contributed by atoms with E-state index in [1.54, 1.807) is 6.20 Å². The van der Waals surface area contributed by atoms with Crippen molar-refractivity contribution in [1.29, 1.82) is 0 Å². The predicted molar refractivity (Wildman–Crippen MR) is 60.6 cm³/mol. The maximum Gasteiger partial charge on any atom is 0.225 e. The van der Waals surface area contributed by atoms with E-state index in [1.807, 2.05) is 25.7 Å². The van der Waals surface area contributed by atoms with Gasteiger partial charge >= 0.3 is 0 Å². The topological polar surface area (TPSA) is 75.0 Å². The zero-order valence-electron chi connectivity index (χ0n) is 9.90. The molecule has 0 bridgehead atoms. The summed E-state index contributed by atoms with van der Waals surface area (Å²) in [5, 5.41) is 0. The Kier molecular flexibility index (Phi) is 2.71. The number of carbonyl (C=O) groups is 1. The Balaban J connectivity index is 2.33. The van der Waals surface area contributed by atoms with E-state index in [-0.39, 0.29) is 24.0 Å². The van der Waals surface area contributed by atoms with Crippen LogP contribution in [0.15, 0.2) is 6.20 Å². The highest BCUT2D eigenvalue weighted by molar-refractivity contribution is 5.80. The molecule has 0 saturated carbocycles. The highest BCUT2D eigenvalue weighted by Crippen LogP contribution is 2.31. The van der Waals surface area contributed by atoms with Crippen molar-refractivity contribution in [1.82, 2.24) is 14.9 Å². The van der Waals surface area contributed by atoms with E-state index < -0.39 is 0 Å². The van der Waals surface area contributed by atoms with Crippen LogP contribution in [0.1, 0.15) is 37.8 Å². The molecule has 88 valence electrons. The molecule has 3 N–H and O–H groups in total. The van der Waals surface area contributed by atoms with Crippen LogP contribution in [0.4, 0.5) is 0 Å². The van der Waals surface area contributed by atoms with E-state index in [1.165, 1.54) is 0 Å². The van der Waals surface area contributed by atoms with Crippen LogP contribution in [0.3, 0.4) is 0 Å². The number of aromatic nitrogens is 2. The number of H-pyrrole nitrogens is 1. The van der Waals surface area contributed by atoms with Crippen LogP contribution in [0.5, 0.6) is 0 Å². The fraction of sp³-hybridized carbons (Fsp3) is 0.636. The molecule has 2 rings (SSSR count). The first-order valence-corrected chi connectivity index (χ1v) is 5.59. The highest BCUT2D eigenvalue weighted by Gasteiger charge is 2.41. The Morgan fingerprint density at radius 1 is 1.62 bits per heavy atom. The van der Waals surface area contributed by atoms with Crippen molar-refractivity contribution in [3.05, 3.63) is 17.7 Å². The van der Waals surface area contributed by atoms with Crippen molar-refractivity contribution in [3.63, 3.8) is 0 Å². The minimum Gasteiger partial charge on any atom is -0.344 e. The molecule has 1 aromatic rings. The number of imidazole rings is 1. The van der Waals surface area contributed by atoms with Gasteiger partial charge in [0.25, 0.3) is 0 Å². The van der Waals surface area contributed by atoms with Crippen LogP contribution in [-0.2, 0) is 4.79 Å². The third-order valence-electron chi connectivity index (χ3n) is 2.96. The van der Waals surface area contributed by atoms with Crippen molar-refractivity contribution in [2.75, 3.05) is 0 Å². The van der Waals surface area contributed by atoms with Gasteiger partial charge in [0.05, 0.1) is 0 Å². The fourth-order valence-corrected chi connectivity index (χ4v) is 2.31. The van der Waals surface area contributed by atoms with Gasteiger partial charge in [0, 0.05) is 30.4 Å². The molecular weight excluding hydrogens is 204 g/mol. The average Bonchev–Trinajstić information content (AvgIpc) is 2.69. The van der Waals surface area contributed by atoms with E-state index in [0.29, 0.717) is 6.42 Å². The zero-order chi connectivity index (χ0) is 11.9. The summed E-state index contributed by atoms with van der Waals surface area (Å²) in [5.41, 5.74) is 7.01. The number of nitrogens with two attached hydrogens (primary N) is 1. The lowest BCUT2D eigenvalue weighted by molar-refractivity contribution is -0.130. The highest BCUT2D eigenvalue weighted by atomic mass is 16.2. The fourth-order valence-electron chi connectivity index (χ4n) is 2.31. The van der Waals surface area contributed by atoms with Gasteiger partial charge in [-0.15, -0.1) is 0 Å². The molecule has 1 saturated heterocycles. The zero-order valence-corrected chi connectivity index (χ0v) is 9.90. The van der Waals surface area contributed by atoms with Crippen molar-refractivity contribution >= 4 is 5.91 Å². The van der Waals surface area contributed by atoms with Gasteiger partial charge in [-0.1, -0.05) is 0 Å². The summed E-state index contributed by atoms with van der Waals surface area (Å²) in [4.78, 5) is 21.1. The van der Waals surface area contributed by atoms with E-state index in [2.05, 4.69) is 9.97 Å². The van der Waals surface area contributed by atoms with Gasteiger partial charge < -0.3 is 15.6 Å². The first kappa shape index (κ1) is 11.1. The molecule has 5 nitrogen and oxygen atoms in total. The van der Waals surface area contributed by atoms with Crippen LogP contribution in [0.2, 0.25) is 0 Å². The van der Waals surface area contributed by atoms with E-state index >= 15 is 0 Å². The van der Waals surface area contributed by atoms with Crippen LogP contribution in [-0.4, -0.2) is 32.9 Å². The Morgan fingerprint density at radius 3 is 2.81 bits per heavy atom. The Hall–Kier alpha value is -1.36. The number of likely N-dealkylation sites (tertiary alicyclic amines) is 1. The molecular formula is C11H18N4O.